The molecular weight excluding hydrogens is 146 g/mol. The van der Waals surface area contributed by atoms with Crippen molar-refractivity contribution in [1.82, 2.24) is 5.48 Å². The quantitative estimate of drug-likeness (QED) is 0.466. The van der Waals surface area contributed by atoms with Gasteiger partial charge in [0.1, 0.15) is 0 Å². The molecule has 0 heterocycles. The van der Waals surface area contributed by atoms with E-state index in [1.54, 1.807) is 13.8 Å². The Hall–Kier alpha value is -1.32. The number of hydrogen-bond donors (Lipinski definition) is 1. The van der Waals surface area contributed by atoms with E-state index in [2.05, 4.69) is 11.4 Å². The molecule has 0 aromatic carbocycles. The molecule has 0 rings (SSSR count). The number of carbonyl (C=O) groups excluding carboxylic acids is 2. The van der Waals surface area contributed by atoms with Gasteiger partial charge in [0, 0.05) is 0 Å². The van der Waals surface area contributed by atoms with Gasteiger partial charge in [-0.15, -0.1) is 0 Å². The molecule has 0 bridgehead atoms. The molecule has 11 heavy (non-hydrogen) atoms. The normalized spacial score (nSPS) is 9.00. The van der Waals surface area contributed by atoms with Gasteiger partial charge in [0.2, 0.25) is 0 Å². The number of rotatable bonds is 2. The van der Waals surface area contributed by atoms with Crippen LogP contribution in [0.4, 0.5) is 0 Å². The van der Waals surface area contributed by atoms with E-state index in [9.17, 15) is 9.59 Å². The molecule has 1 amide bonds. The maximum absolute atomic E-state index is 10.7. The molecule has 0 aromatic rings. The Kier molecular flexibility index (Phi) is 3.95. The van der Waals surface area contributed by atoms with Crippen LogP contribution >= 0.6 is 0 Å². The Balaban J connectivity index is 3.62. The van der Waals surface area contributed by atoms with Gasteiger partial charge in [-0.1, -0.05) is 20.4 Å². The predicted molar refractivity (Wildman–Crippen MR) is 39.3 cm³/mol. The minimum absolute atomic E-state index is 0.250. The monoisotopic (exact) mass is 157 g/mol. The van der Waals surface area contributed by atoms with Crippen LogP contribution in [0.2, 0.25) is 0 Å². The molecular formula is C7H11NO3. The first-order chi connectivity index (χ1) is 5.07. The van der Waals surface area contributed by atoms with Crippen LogP contribution in [0, 0.1) is 5.92 Å². The van der Waals surface area contributed by atoms with Crippen molar-refractivity contribution < 1.29 is 14.4 Å². The number of carbonyl (C=O) groups is 2. The topological polar surface area (TPSA) is 55.4 Å². The predicted octanol–water partition coefficient (Wildman–Crippen LogP) is 0.403. The maximum atomic E-state index is 10.7. The van der Waals surface area contributed by atoms with E-state index >= 15 is 0 Å². The Bertz CT molecular complexity index is 175. The zero-order valence-electron chi connectivity index (χ0n) is 6.59. The Labute approximate surface area is 65.2 Å². The summed E-state index contributed by atoms with van der Waals surface area (Å²) in [6.45, 7) is 6.52. The fourth-order valence-corrected chi connectivity index (χ4v) is 0.260. The van der Waals surface area contributed by atoms with E-state index in [-0.39, 0.29) is 5.92 Å². The Morgan fingerprint density at radius 2 is 2.09 bits per heavy atom. The highest BCUT2D eigenvalue weighted by molar-refractivity contribution is 5.87. The molecule has 4 heteroatoms. The molecule has 0 aliphatic heterocycles. The second-order valence-corrected chi connectivity index (χ2v) is 2.25. The van der Waals surface area contributed by atoms with Crippen LogP contribution in [0.15, 0.2) is 12.7 Å². The van der Waals surface area contributed by atoms with Crippen LogP contribution in [0.1, 0.15) is 13.8 Å². The molecule has 62 valence electrons. The summed E-state index contributed by atoms with van der Waals surface area (Å²) in [4.78, 5) is 25.5. The van der Waals surface area contributed by atoms with Gasteiger partial charge < -0.3 is 4.84 Å². The van der Waals surface area contributed by atoms with Crippen LogP contribution in [0.25, 0.3) is 0 Å². The lowest BCUT2D eigenvalue weighted by Crippen LogP contribution is -2.27. The van der Waals surface area contributed by atoms with E-state index in [4.69, 9.17) is 0 Å². The minimum Gasteiger partial charge on any atom is -0.340 e. The van der Waals surface area contributed by atoms with Crippen molar-refractivity contribution in [3.63, 3.8) is 0 Å². The zero-order chi connectivity index (χ0) is 8.85. The van der Waals surface area contributed by atoms with Gasteiger partial charge in [0.25, 0.3) is 5.91 Å². The van der Waals surface area contributed by atoms with Gasteiger partial charge in [0.05, 0.1) is 5.92 Å². The standard InChI is InChI=1S/C7H11NO3/c1-4-6(9)8-11-7(10)5(2)3/h4-5H,1H2,2-3H3,(H,8,9). The third kappa shape index (κ3) is 4.13. The fourth-order valence-electron chi connectivity index (χ4n) is 0.260. The van der Waals surface area contributed by atoms with E-state index in [0.29, 0.717) is 0 Å². The van der Waals surface area contributed by atoms with Gasteiger partial charge in [-0.25, -0.2) is 4.79 Å². The molecule has 0 radical (unpaired) electrons. The highest BCUT2D eigenvalue weighted by Gasteiger charge is 2.08. The molecule has 4 nitrogen and oxygen atoms in total. The molecule has 0 atom stereocenters. The van der Waals surface area contributed by atoms with E-state index in [1.165, 1.54) is 0 Å². The number of hydrogen-bond acceptors (Lipinski definition) is 3. The second-order valence-electron chi connectivity index (χ2n) is 2.25. The summed E-state index contributed by atoms with van der Waals surface area (Å²) in [5, 5.41) is 0. The summed E-state index contributed by atoms with van der Waals surface area (Å²) in [5.74, 6) is -1.25. The van der Waals surface area contributed by atoms with Gasteiger partial charge in [0.15, 0.2) is 0 Å². The van der Waals surface area contributed by atoms with Gasteiger partial charge >= 0.3 is 5.97 Å². The zero-order valence-corrected chi connectivity index (χ0v) is 6.59. The van der Waals surface area contributed by atoms with Crippen LogP contribution in [-0.2, 0) is 14.4 Å². The average Bonchev–Trinajstić information content (AvgIpc) is 1.99. The number of amides is 1. The third-order valence-electron chi connectivity index (χ3n) is 0.909. The Morgan fingerprint density at radius 1 is 1.55 bits per heavy atom. The van der Waals surface area contributed by atoms with Crippen molar-refractivity contribution in [3.05, 3.63) is 12.7 Å². The van der Waals surface area contributed by atoms with Crippen molar-refractivity contribution >= 4 is 11.9 Å². The first-order valence-corrected chi connectivity index (χ1v) is 3.21. The Morgan fingerprint density at radius 3 is 2.45 bits per heavy atom. The van der Waals surface area contributed by atoms with Gasteiger partial charge in [-0.3, -0.25) is 4.79 Å². The molecule has 0 aromatic heterocycles. The summed E-state index contributed by atoms with van der Waals surface area (Å²) in [5.41, 5.74) is 1.91. The summed E-state index contributed by atoms with van der Waals surface area (Å²) in [6, 6.07) is 0. The minimum atomic E-state index is -0.529. The van der Waals surface area contributed by atoms with Gasteiger partial charge in [-0.05, 0) is 6.08 Å². The van der Waals surface area contributed by atoms with Crippen molar-refractivity contribution in [3.8, 4) is 0 Å². The first kappa shape index (κ1) is 9.68. The first-order valence-electron chi connectivity index (χ1n) is 3.21. The molecule has 0 fully saturated rings. The van der Waals surface area contributed by atoms with Crippen LogP contribution in [0.3, 0.4) is 0 Å². The highest BCUT2D eigenvalue weighted by Crippen LogP contribution is 1.92. The molecule has 0 saturated carbocycles. The summed E-state index contributed by atoms with van der Waals surface area (Å²) >= 11 is 0. The second kappa shape index (κ2) is 4.49. The van der Waals surface area contributed by atoms with Crippen molar-refractivity contribution in [1.29, 1.82) is 0 Å². The van der Waals surface area contributed by atoms with E-state index < -0.39 is 11.9 Å². The molecule has 0 unspecified atom stereocenters. The SMILES string of the molecule is C=CC(=O)NOC(=O)C(C)C. The van der Waals surface area contributed by atoms with Gasteiger partial charge in [-0.2, -0.15) is 5.48 Å². The number of nitrogens with one attached hydrogen (secondary N) is 1. The lowest BCUT2D eigenvalue weighted by Gasteiger charge is -2.04. The van der Waals surface area contributed by atoms with Crippen molar-refractivity contribution in [2.75, 3.05) is 0 Å². The molecule has 0 aliphatic rings. The van der Waals surface area contributed by atoms with Crippen LogP contribution in [0.5, 0.6) is 0 Å². The lowest BCUT2D eigenvalue weighted by atomic mass is 10.2. The van der Waals surface area contributed by atoms with Crippen LogP contribution < -0.4 is 5.48 Å². The van der Waals surface area contributed by atoms with Crippen molar-refractivity contribution in [2.24, 2.45) is 5.92 Å². The summed E-state index contributed by atoms with van der Waals surface area (Å²) < 4.78 is 0. The number of hydroxylamine groups is 1. The highest BCUT2D eigenvalue weighted by atomic mass is 16.7. The molecule has 1 N–H and O–H groups in total. The summed E-state index contributed by atoms with van der Waals surface area (Å²) in [6.07, 6.45) is 1.02. The molecule has 0 aliphatic carbocycles. The summed E-state index contributed by atoms with van der Waals surface area (Å²) in [7, 11) is 0. The smallest absolute Gasteiger partial charge is 0.334 e. The maximum Gasteiger partial charge on any atom is 0.334 e. The molecule has 0 spiro atoms. The lowest BCUT2D eigenvalue weighted by molar-refractivity contribution is -0.159. The van der Waals surface area contributed by atoms with Crippen LogP contribution in [-0.4, -0.2) is 11.9 Å². The van der Waals surface area contributed by atoms with Crippen molar-refractivity contribution in [2.45, 2.75) is 13.8 Å². The third-order valence-corrected chi connectivity index (χ3v) is 0.909. The van der Waals surface area contributed by atoms with E-state index in [0.717, 1.165) is 6.08 Å². The largest absolute Gasteiger partial charge is 0.340 e. The molecule has 0 saturated heterocycles. The van der Waals surface area contributed by atoms with E-state index in [1.807, 2.05) is 5.48 Å². The average molecular weight is 157 g/mol. The fraction of sp³-hybridized carbons (Fsp3) is 0.429.